The van der Waals surface area contributed by atoms with Gasteiger partial charge in [-0.1, -0.05) is 0 Å². The lowest BCUT2D eigenvalue weighted by atomic mass is 9.95. The molecule has 4 nitrogen and oxygen atoms in total. The van der Waals surface area contributed by atoms with Crippen molar-refractivity contribution in [3.05, 3.63) is 24.3 Å². The van der Waals surface area contributed by atoms with Crippen molar-refractivity contribution in [2.75, 3.05) is 30.8 Å². The molecule has 17 heavy (non-hydrogen) atoms. The third-order valence-corrected chi connectivity index (χ3v) is 3.37. The van der Waals surface area contributed by atoms with Crippen LogP contribution in [-0.4, -0.2) is 26.0 Å². The fourth-order valence-electron chi connectivity index (χ4n) is 2.29. The van der Waals surface area contributed by atoms with E-state index in [4.69, 9.17) is 5.73 Å². The van der Waals surface area contributed by atoms with Crippen molar-refractivity contribution in [1.82, 2.24) is 5.32 Å². The van der Waals surface area contributed by atoms with Gasteiger partial charge in [0, 0.05) is 37.4 Å². The highest BCUT2D eigenvalue weighted by atomic mass is 16.1. The van der Waals surface area contributed by atoms with E-state index >= 15 is 0 Å². The minimum absolute atomic E-state index is 0.168. The Hall–Kier alpha value is -1.71. The molecule has 1 aromatic carbocycles. The molecule has 1 amide bonds. The van der Waals surface area contributed by atoms with Crippen LogP contribution in [0.1, 0.15) is 12.8 Å². The maximum absolute atomic E-state index is 11.5. The summed E-state index contributed by atoms with van der Waals surface area (Å²) in [6.45, 7) is 1.87. The predicted molar refractivity (Wildman–Crippen MR) is 69.9 cm³/mol. The highest BCUT2D eigenvalue weighted by Gasteiger charge is 2.24. The largest absolute Gasteiger partial charge is 0.399 e. The zero-order chi connectivity index (χ0) is 12.3. The smallest absolute Gasteiger partial charge is 0.222 e. The first-order chi connectivity index (χ1) is 8.20. The fourth-order valence-corrected chi connectivity index (χ4v) is 2.29. The van der Waals surface area contributed by atoms with E-state index in [2.05, 4.69) is 10.2 Å². The van der Waals surface area contributed by atoms with Crippen LogP contribution in [0.15, 0.2) is 24.3 Å². The van der Waals surface area contributed by atoms with Gasteiger partial charge >= 0.3 is 0 Å². The lowest BCUT2D eigenvalue weighted by Crippen LogP contribution is -2.39. The zero-order valence-electron chi connectivity index (χ0n) is 10.1. The standard InChI is InChI=1S/C13H19N3O/c1-15-13(17)10-6-8-16(9-7-10)12-4-2-11(14)3-5-12/h2-5,10H,6-9,14H2,1H3,(H,15,17). The minimum Gasteiger partial charge on any atom is -0.399 e. The van der Waals surface area contributed by atoms with Gasteiger partial charge in [-0.15, -0.1) is 0 Å². The Balaban J connectivity index is 1.95. The van der Waals surface area contributed by atoms with Crippen molar-refractivity contribution in [1.29, 1.82) is 0 Å². The van der Waals surface area contributed by atoms with Gasteiger partial charge in [0.05, 0.1) is 0 Å². The van der Waals surface area contributed by atoms with Crippen molar-refractivity contribution in [2.24, 2.45) is 5.92 Å². The lowest BCUT2D eigenvalue weighted by molar-refractivity contribution is -0.125. The van der Waals surface area contributed by atoms with Crippen LogP contribution < -0.4 is 16.0 Å². The lowest BCUT2D eigenvalue weighted by Gasteiger charge is -2.32. The summed E-state index contributed by atoms with van der Waals surface area (Å²) in [5.41, 5.74) is 7.64. The summed E-state index contributed by atoms with van der Waals surface area (Å²) < 4.78 is 0. The summed E-state index contributed by atoms with van der Waals surface area (Å²) in [5.74, 6) is 0.340. The van der Waals surface area contributed by atoms with Crippen molar-refractivity contribution in [2.45, 2.75) is 12.8 Å². The number of hydrogen-bond acceptors (Lipinski definition) is 3. The SMILES string of the molecule is CNC(=O)C1CCN(c2ccc(N)cc2)CC1. The van der Waals surface area contributed by atoms with E-state index in [9.17, 15) is 4.79 Å². The molecule has 1 heterocycles. The zero-order valence-corrected chi connectivity index (χ0v) is 10.1. The molecule has 0 unspecified atom stereocenters. The highest BCUT2D eigenvalue weighted by Crippen LogP contribution is 2.23. The number of nitrogen functional groups attached to an aromatic ring is 1. The number of carbonyl (C=O) groups is 1. The molecule has 0 atom stereocenters. The van der Waals surface area contributed by atoms with Crippen LogP contribution in [0, 0.1) is 5.92 Å². The number of nitrogens with one attached hydrogen (secondary N) is 1. The van der Waals surface area contributed by atoms with E-state index in [1.165, 1.54) is 5.69 Å². The van der Waals surface area contributed by atoms with Gasteiger partial charge in [-0.05, 0) is 37.1 Å². The average Bonchev–Trinajstić information content (AvgIpc) is 2.39. The van der Waals surface area contributed by atoms with Crippen LogP contribution in [0.25, 0.3) is 0 Å². The number of rotatable bonds is 2. The molecule has 1 aliphatic rings. The number of nitrogens with two attached hydrogens (primary N) is 1. The predicted octanol–water partition coefficient (Wildman–Crippen LogP) is 1.23. The Morgan fingerprint density at radius 1 is 1.29 bits per heavy atom. The maximum atomic E-state index is 11.5. The third kappa shape index (κ3) is 2.70. The van der Waals surface area contributed by atoms with Crippen molar-refractivity contribution >= 4 is 17.3 Å². The number of anilines is 2. The van der Waals surface area contributed by atoms with E-state index in [-0.39, 0.29) is 11.8 Å². The van der Waals surface area contributed by atoms with E-state index in [1.807, 2.05) is 24.3 Å². The molecule has 1 aromatic rings. The topological polar surface area (TPSA) is 58.4 Å². The Labute approximate surface area is 102 Å². The van der Waals surface area contributed by atoms with Crippen LogP contribution >= 0.6 is 0 Å². The monoisotopic (exact) mass is 233 g/mol. The second kappa shape index (κ2) is 5.08. The van der Waals surface area contributed by atoms with Crippen LogP contribution in [0.4, 0.5) is 11.4 Å². The number of amides is 1. The van der Waals surface area contributed by atoms with Crippen LogP contribution in [0.3, 0.4) is 0 Å². The van der Waals surface area contributed by atoms with Gasteiger partial charge in [0.25, 0.3) is 0 Å². The molecular weight excluding hydrogens is 214 g/mol. The molecule has 0 aromatic heterocycles. The Kier molecular flexibility index (Phi) is 3.52. The fraction of sp³-hybridized carbons (Fsp3) is 0.462. The van der Waals surface area contributed by atoms with Crippen LogP contribution in [0.2, 0.25) is 0 Å². The summed E-state index contributed by atoms with van der Waals surface area (Å²) in [5, 5.41) is 2.72. The van der Waals surface area contributed by atoms with Crippen LogP contribution in [-0.2, 0) is 4.79 Å². The summed E-state index contributed by atoms with van der Waals surface area (Å²) in [6, 6.07) is 7.91. The summed E-state index contributed by atoms with van der Waals surface area (Å²) >= 11 is 0. The van der Waals surface area contributed by atoms with Gasteiger partial charge in [-0.3, -0.25) is 4.79 Å². The Bertz CT molecular complexity index is 380. The number of hydrogen-bond donors (Lipinski definition) is 2. The van der Waals surface area contributed by atoms with Crippen LogP contribution in [0.5, 0.6) is 0 Å². The average molecular weight is 233 g/mol. The van der Waals surface area contributed by atoms with Crippen molar-refractivity contribution in [3.8, 4) is 0 Å². The van der Waals surface area contributed by atoms with Crippen molar-refractivity contribution < 1.29 is 4.79 Å². The first kappa shape index (κ1) is 11.8. The Morgan fingerprint density at radius 2 is 1.88 bits per heavy atom. The molecule has 92 valence electrons. The Morgan fingerprint density at radius 3 is 2.41 bits per heavy atom. The molecule has 1 fully saturated rings. The molecule has 0 bridgehead atoms. The van der Waals surface area contributed by atoms with Gasteiger partial charge < -0.3 is 16.0 Å². The molecule has 4 heteroatoms. The number of benzene rings is 1. The maximum Gasteiger partial charge on any atom is 0.222 e. The van der Waals surface area contributed by atoms with Gasteiger partial charge in [0.2, 0.25) is 5.91 Å². The summed E-state index contributed by atoms with van der Waals surface area (Å²) in [7, 11) is 1.70. The van der Waals surface area contributed by atoms with Crippen molar-refractivity contribution in [3.63, 3.8) is 0 Å². The van der Waals surface area contributed by atoms with Gasteiger partial charge in [-0.2, -0.15) is 0 Å². The van der Waals surface area contributed by atoms with Gasteiger partial charge in [-0.25, -0.2) is 0 Å². The molecule has 2 rings (SSSR count). The second-order valence-electron chi connectivity index (χ2n) is 4.47. The molecule has 0 aliphatic carbocycles. The van der Waals surface area contributed by atoms with E-state index in [1.54, 1.807) is 7.05 Å². The van der Waals surface area contributed by atoms with Gasteiger partial charge in [0.1, 0.15) is 0 Å². The molecule has 3 N–H and O–H groups in total. The van der Waals surface area contributed by atoms with E-state index < -0.39 is 0 Å². The van der Waals surface area contributed by atoms with Gasteiger partial charge in [0.15, 0.2) is 0 Å². The second-order valence-corrected chi connectivity index (χ2v) is 4.47. The van der Waals surface area contributed by atoms with E-state index in [0.717, 1.165) is 31.6 Å². The summed E-state index contributed by atoms with van der Waals surface area (Å²) in [6.07, 6.45) is 1.84. The third-order valence-electron chi connectivity index (χ3n) is 3.37. The first-order valence-electron chi connectivity index (χ1n) is 6.03. The normalized spacial score (nSPS) is 16.9. The number of nitrogens with zero attached hydrogens (tertiary/aromatic N) is 1. The molecular formula is C13H19N3O. The molecule has 1 saturated heterocycles. The molecule has 0 spiro atoms. The molecule has 1 aliphatic heterocycles. The van der Waals surface area contributed by atoms with E-state index in [0.29, 0.717) is 0 Å². The quantitative estimate of drug-likeness (QED) is 0.755. The minimum atomic E-state index is 0.168. The number of carbonyl (C=O) groups excluding carboxylic acids is 1. The number of piperidine rings is 1. The highest BCUT2D eigenvalue weighted by molar-refractivity contribution is 5.78. The summed E-state index contributed by atoms with van der Waals surface area (Å²) in [4.78, 5) is 13.8. The molecule has 0 radical (unpaired) electrons. The molecule has 0 saturated carbocycles. The first-order valence-corrected chi connectivity index (χ1v) is 6.03.